The summed E-state index contributed by atoms with van der Waals surface area (Å²) >= 11 is 0. The van der Waals surface area contributed by atoms with Crippen molar-refractivity contribution in [1.29, 1.82) is 0 Å². The fourth-order valence-electron chi connectivity index (χ4n) is 2.60. The molecule has 0 heterocycles. The van der Waals surface area contributed by atoms with E-state index in [1.54, 1.807) is 0 Å². The summed E-state index contributed by atoms with van der Waals surface area (Å²) in [7, 11) is 0. The van der Waals surface area contributed by atoms with Crippen molar-refractivity contribution in [3.63, 3.8) is 0 Å². The van der Waals surface area contributed by atoms with E-state index < -0.39 is 0 Å². The molecule has 0 aromatic rings. The van der Waals surface area contributed by atoms with Gasteiger partial charge in [0, 0.05) is 5.92 Å². The van der Waals surface area contributed by atoms with E-state index in [-0.39, 0.29) is 0 Å². The van der Waals surface area contributed by atoms with Crippen LogP contribution in [0.4, 0.5) is 0 Å². The van der Waals surface area contributed by atoms with Crippen LogP contribution in [-0.2, 0) is 4.79 Å². The second-order valence-corrected chi connectivity index (χ2v) is 3.82. The first kappa shape index (κ1) is 6.38. The second kappa shape index (κ2) is 2.37. The molecule has 0 aliphatic heterocycles. The van der Waals surface area contributed by atoms with Gasteiger partial charge in [0.2, 0.25) is 0 Å². The third kappa shape index (κ3) is 0.882. The van der Waals surface area contributed by atoms with Crippen molar-refractivity contribution in [3.05, 3.63) is 0 Å². The lowest BCUT2D eigenvalue weighted by atomic mass is 9.65. The zero-order valence-corrected chi connectivity index (χ0v) is 6.25. The minimum atomic E-state index is 0.438. The van der Waals surface area contributed by atoms with Crippen LogP contribution in [-0.4, -0.2) is 6.29 Å². The molecule has 0 radical (unpaired) electrons. The zero-order chi connectivity index (χ0) is 6.97. The predicted molar refractivity (Wildman–Crippen MR) is 39.6 cm³/mol. The highest BCUT2D eigenvalue weighted by atomic mass is 16.1. The Bertz CT molecular complexity index is 134. The van der Waals surface area contributed by atoms with Crippen molar-refractivity contribution in [2.75, 3.05) is 0 Å². The monoisotopic (exact) mass is 138 g/mol. The molecule has 0 amide bonds. The largest absolute Gasteiger partial charge is 0.303 e. The van der Waals surface area contributed by atoms with Crippen LogP contribution in [0, 0.1) is 17.8 Å². The number of aldehydes is 1. The highest BCUT2D eigenvalue weighted by Gasteiger charge is 2.34. The van der Waals surface area contributed by atoms with Crippen molar-refractivity contribution in [1.82, 2.24) is 0 Å². The maximum atomic E-state index is 10.5. The normalized spacial score (nSPS) is 45.4. The van der Waals surface area contributed by atoms with E-state index in [4.69, 9.17) is 0 Å². The summed E-state index contributed by atoms with van der Waals surface area (Å²) in [6, 6.07) is 0. The molecule has 1 nitrogen and oxygen atoms in total. The number of hydrogen-bond acceptors (Lipinski definition) is 1. The van der Waals surface area contributed by atoms with Gasteiger partial charge in [-0.15, -0.1) is 0 Å². The predicted octanol–water partition coefficient (Wildman–Crippen LogP) is 2.01. The Labute approximate surface area is 61.8 Å². The number of carbonyl (C=O) groups is 1. The smallest absolute Gasteiger partial charge is 0.123 e. The summed E-state index contributed by atoms with van der Waals surface area (Å²) in [5.41, 5.74) is 0. The number of carbonyl (C=O) groups excluding carboxylic acids is 1. The van der Waals surface area contributed by atoms with Crippen LogP contribution in [0.15, 0.2) is 0 Å². The minimum absolute atomic E-state index is 0.438. The van der Waals surface area contributed by atoms with Crippen LogP contribution in [0.1, 0.15) is 32.1 Å². The average Bonchev–Trinajstić information content (AvgIpc) is 2.06. The first-order valence-electron chi connectivity index (χ1n) is 4.35. The summed E-state index contributed by atoms with van der Waals surface area (Å²) in [4.78, 5) is 10.5. The second-order valence-electron chi connectivity index (χ2n) is 3.82. The molecular formula is C9H14O. The van der Waals surface area contributed by atoms with Crippen LogP contribution in [0.2, 0.25) is 0 Å². The van der Waals surface area contributed by atoms with Crippen LogP contribution in [0.5, 0.6) is 0 Å². The molecule has 10 heavy (non-hydrogen) atoms. The molecule has 1 atom stereocenters. The van der Waals surface area contributed by atoms with Gasteiger partial charge in [0.1, 0.15) is 6.29 Å². The first-order valence-corrected chi connectivity index (χ1v) is 4.35. The summed E-state index contributed by atoms with van der Waals surface area (Å²) in [5.74, 6) is 2.11. The Balaban J connectivity index is 2.07. The highest BCUT2D eigenvalue weighted by Crippen LogP contribution is 2.43. The quantitative estimate of drug-likeness (QED) is 0.506. The van der Waals surface area contributed by atoms with Crippen molar-refractivity contribution in [2.24, 2.45) is 17.8 Å². The van der Waals surface area contributed by atoms with Crippen LogP contribution in [0.25, 0.3) is 0 Å². The highest BCUT2D eigenvalue weighted by molar-refractivity contribution is 5.54. The van der Waals surface area contributed by atoms with Gasteiger partial charge in [0.25, 0.3) is 0 Å². The van der Waals surface area contributed by atoms with Crippen molar-refractivity contribution < 1.29 is 4.79 Å². The number of rotatable bonds is 1. The SMILES string of the molecule is O=CC1CC2CCC1CC2. The fraction of sp³-hybridized carbons (Fsp3) is 0.889. The van der Waals surface area contributed by atoms with Crippen LogP contribution in [0.3, 0.4) is 0 Å². The van der Waals surface area contributed by atoms with E-state index >= 15 is 0 Å². The Hall–Kier alpha value is -0.330. The van der Waals surface area contributed by atoms with Gasteiger partial charge in [-0.25, -0.2) is 0 Å². The number of hydrogen-bond donors (Lipinski definition) is 0. The molecule has 0 spiro atoms. The van der Waals surface area contributed by atoms with Gasteiger partial charge in [-0.05, 0) is 31.1 Å². The van der Waals surface area contributed by atoms with Crippen molar-refractivity contribution in [2.45, 2.75) is 32.1 Å². The number of fused-ring (bicyclic) bond motifs is 3. The minimum Gasteiger partial charge on any atom is -0.303 e. The van der Waals surface area contributed by atoms with Gasteiger partial charge in [0.15, 0.2) is 0 Å². The van der Waals surface area contributed by atoms with Crippen LogP contribution < -0.4 is 0 Å². The molecule has 0 aromatic heterocycles. The first-order chi connectivity index (χ1) is 4.90. The zero-order valence-electron chi connectivity index (χ0n) is 6.25. The van der Waals surface area contributed by atoms with E-state index in [1.807, 2.05) is 0 Å². The molecule has 56 valence electrons. The van der Waals surface area contributed by atoms with Gasteiger partial charge < -0.3 is 4.79 Å². The molecule has 3 aliphatic rings. The van der Waals surface area contributed by atoms with E-state index in [0.717, 1.165) is 11.8 Å². The lowest BCUT2D eigenvalue weighted by molar-refractivity contribution is -0.115. The Morgan fingerprint density at radius 2 is 1.80 bits per heavy atom. The molecule has 0 saturated heterocycles. The lowest BCUT2D eigenvalue weighted by Crippen LogP contribution is -2.31. The fourth-order valence-corrected chi connectivity index (χ4v) is 2.60. The van der Waals surface area contributed by atoms with E-state index in [2.05, 4.69) is 0 Å². The maximum absolute atomic E-state index is 10.5. The molecular weight excluding hydrogens is 124 g/mol. The average molecular weight is 138 g/mol. The standard InChI is InChI=1S/C9H14O/c10-6-9-5-7-1-3-8(9)4-2-7/h6-9H,1-5H2. The van der Waals surface area contributed by atoms with E-state index in [0.29, 0.717) is 5.92 Å². The molecule has 0 N–H and O–H groups in total. The van der Waals surface area contributed by atoms with Crippen molar-refractivity contribution in [3.8, 4) is 0 Å². The molecule has 3 saturated carbocycles. The van der Waals surface area contributed by atoms with Gasteiger partial charge in [-0.2, -0.15) is 0 Å². The molecule has 3 rings (SSSR count). The summed E-state index contributed by atoms with van der Waals surface area (Å²) in [5, 5.41) is 0. The van der Waals surface area contributed by atoms with Gasteiger partial charge in [-0.3, -0.25) is 0 Å². The molecule has 2 bridgehead atoms. The lowest BCUT2D eigenvalue weighted by Gasteiger charge is -2.39. The topological polar surface area (TPSA) is 17.1 Å². The Morgan fingerprint density at radius 1 is 1.10 bits per heavy atom. The van der Waals surface area contributed by atoms with Crippen molar-refractivity contribution >= 4 is 6.29 Å². The molecule has 3 fully saturated rings. The molecule has 0 aromatic carbocycles. The van der Waals surface area contributed by atoms with E-state index in [9.17, 15) is 4.79 Å². The van der Waals surface area contributed by atoms with E-state index in [1.165, 1.54) is 38.4 Å². The maximum Gasteiger partial charge on any atom is 0.123 e. The Morgan fingerprint density at radius 3 is 2.10 bits per heavy atom. The summed E-state index contributed by atoms with van der Waals surface area (Å²) < 4.78 is 0. The molecule has 3 aliphatic carbocycles. The van der Waals surface area contributed by atoms with Gasteiger partial charge in [0.05, 0.1) is 0 Å². The molecule has 1 unspecified atom stereocenters. The summed E-state index contributed by atoms with van der Waals surface area (Å²) in [6.45, 7) is 0. The third-order valence-electron chi connectivity index (χ3n) is 3.28. The van der Waals surface area contributed by atoms with Crippen LogP contribution >= 0.6 is 0 Å². The van der Waals surface area contributed by atoms with Gasteiger partial charge >= 0.3 is 0 Å². The Kier molecular flexibility index (Phi) is 1.51. The van der Waals surface area contributed by atoms with Gasteiger partial charge in [-0.1, -0.05) is 12.8 Å². The molecule has 1 heteroatoms. The third-order valence-corrected chi connectivity index (χ3v) is 3.28. The summed E-state index contributed by atoms with van der Waals surface area (Å²) in [6.07, 6.45) is 7.84.